The fourth-order valence-electron chi connectivity index (χ4n) is 2.63. The van der Waals surface area contributed by atoms with E-state index in [1.54, 1.807) is 0 Å². The van der Waals surface area contributed by atoms with Crippen LogP contribution in [-0.4, -0.2) is 25.3 Å². The predicted octanol–water partition coefficient (Wildman–Crippen LogP) is 3.56. The minimum absolute atomic E-state index is 0.146. The highest BCUT2D eigenvalue weighted by atomic mass is 16.5. The van der Waals surface area contributed by atoms with Crippen molar-refractivity contribution in [2.45, 2.75) is 32.9 Å². The Hall–Kier alpha value is -2.89. The summed E-state index contributed by atoms with van der Waals surface area (Å²) < 4.78 is 17.1. The van der Waals surface area contributed by atoms with Gasteiger partial charge in [-0.15, -0.1) is 0 Å². The van der Waals surface area contributed by atoms with Crippen molar-refractivity contribution in [1.29, 1.82) is 0 Å². The van der Waals surface area contributed by atoms with Crippen LogP contribution in [0.2, 0.25) is 0 Å². The zero-order valence-corrected chi connectivity index (χ0v) is 15.2. The minimum atomic E-state index is 0.146. The number of benzene rings is 2. The van der Waals surface area contributed by atoms with Gasteiger partial charge in [-0.05, 0) is 44.2 Å². The molecule has 6 heteroatoms. The van der Waals surface area contributed by atoms with Crippen molar-refractivity contribution in [1.82, 2.24) is 0 Å². The molecule has 1 aliphatic heterocycles. The molecule has 0 saturated heterocycles. The summed E-state index contributed by atoms with van der Waals surface area (Å²) in [6.45, 7) is 5.72. The molecule has 3 N–H and O–H groups in total. The first-order valence-electron chi connectivity index (χ1n) is 8.83. The summed E-state index contributed by atoms with van der Waals surface area (Å²) in [5, 5.41) is 3.09. The molecule has 2 aromatic rings. The second-order valence-electron chi connectivity index (χ2n) is 6.31. The number of aliphatic imine (C=N–C) groups is 1. The second kappa shape index (κ2) is 8.47. The van der Waals surface area contributed by atoms with Gasteiger partial charge in [0.25, 0.3) is 0 Å². The molecule has 0 atom stereocenters. The van der Waals surface area contributed by atoms with Crippen molar-refractivity contribution in [3.8, 4) is 17.2 Å². The maximum atomic E-state index is 6.01. The Morgan fingerprint density at radius 3 is 2.69 bits per heavy atom. The Balaban J connectivity index is 1.64. The molecule has 3 rings (SSSR count). The van der Waals surface area contributed by atoms with E-state index < -0.39 is 0 Å². The van der Waals surface area contributed by atoms with Crippen LogP contribution in [0.4, 0.5) is 5.69 Å². The third-order valence-corrected chi connectivity index (χ3v) is 3.77. The molecular formula is C20H25N3O3. The van der Waals surface area contributed by atoms with Crippen LogP contribution in [0.1, 0.15) is 25.8 Å². The first kappa shape index (κ1) is 17.9. The van der Waals surface area contributed by atoms with Gasteiger partial charge in [0.05, 0.1) is 25.9 Å². The van der Waals surface area contributed by atoms with Gasteiger partial charge in [0.1, 0.15) is 5.75 Å². The van der Waals surface area contributed by atoms with Crippen molar-refractivity contribution < 1.29 is 14.2 Å². The Bertz CT molecular complexity index is 757. The summed E-state index contributed by atoms with van der Waals surface area (Å²) in [6, 6.07) is 13.4. The maximum absolute atomic E-state index is 6.01. The molecule has 0 spiro atoms. The minimum Gasteiger partial charge on any atom is -0.491 e. The van der Waals surface area contributed by atoms with Crippen LogP contribution >= 0.6 is 0 Å². The molecule has 1 heterocycles. The van der Waals surface area contributed by atoms with Gasteiger partial charge in [0.2, 0.25) is 0 Å². The quantitative estimate of drug-likeness (QED) is 0.633. The normalized spacial score (nSPS) is 14.0. The third kappa shape index (κ3) is 4.81. The number of hydrogen-bond donors (Lipinski definition) is 2. The molecule has 0 saturated carbocycles. The van der Waals surface area contributed by atoms with Crippen LogP contribution < -0.4 is 25.3 Å². The summed E-state index contributed by atoms with van der Waals surface area (Å²) in [6.07, 6.45) is 1.02. The van der Waals surface area contributed by atoms with Gasteiger partial charge in [0.15, 0.2) is 17.5 Å². The van der Waals surface area contributed by atoms with Crippen LogP contribution in [0.25, 0.3) is 0 Å². The molecule has 0 unspecified atom stereocenters. The highest BCUT2D eigenvalue weighted by Crippen LogP contribution is 2.33. The van der Waals surface area contributed by atoms with E-state index in [9.17, 15) is 0 Å². The summed E-state index contributed by atoms with van der Waals surface area (Å²) in [4.78, 5) is 4.42. The van der Waals surface area contributed by atoms with Gasteiger partial charge in [-0.1, -0.05) is 12.1 Å². The van der Waals surface area contributed by atoms with Gasteiger partial charge in [-0.2, -0.15) is 0 Å². The van der Waals surface area contributed by atoms with E-state index in [1.165, 1.54) is 0 Å². The number of nitrogens with zero attached hydrogens (tertiary/aromatic N) is 1. The summed E-state index contributed by atoms with van der Waals surface area (Å²) in [7, 11) is 0. The molecule has 0 amide bonds. The van der Waals surface area contributed by atoms with Crippen molar-refractivity contribution in [3.05, 3.63) is 48.0 Å². The molecule has 0 aromatic heterocycles. The van der Waals surface area contributed by atoms with Crippen molar-refractivity contribution >= 4 is 11.6 Å². The zero-order chi connectivity index (χ0) is 18.4. The zero-order valence-electron chi connectivity index (χ0n) is 15.2. The number of nitrogens with one attached hydrogen (secondary N) is 1. The lowest BCUT2D eigenvalue weighted by Gasteiger charge is -2.12. The molecular weight excluding hydrogens is 330 g/mol. The number of ether oxygens (including phenoxy) is 3. The van der Waals surface area contributed by atoms with E-state index in [0.29, 0.717) is 25.7 Å². The lowest BCUT2D eigenvalue weighted by molar-refractivity contribution is 0.242. The van der Waals surface area contributed by atoms with Crippen molar-refractivity contribution in [3.63, 3.8) is 0 Å². The van der Waals surface area contributed by atoms with E-state index in [0.717, 1.165) is 34.9 Å². The highest BCUT2D eigenvalue weighted by molar-refractivity contribution is 5.92. The maximum Gasteiger partial charge on any atom is 0.193 e. The molecule has 2 aromatic carbocycles. The average Bonchev–Trinajstić information content (AvgIpc) is 2.87. The summed E-state index contributed by atoms with van der Waals surface area (Å²) >= 11 is 0. The lowest BCUT2D eigenvalue weighted by Crippen LogP contribution is -2.22. The first-order chi connectivity index (χ1) is 12.6. The average molecular weight is 355 g/mol. The Kier molecular flexibility index (Phi) is 5.84. The largest absolute Gasteiger partial charge is 0.491 e. The molecule has 1 aliphatic rings. The van der Waals surface area contributed by atoms with E-state index >= 15 is 0 Å². The fourth-order valence-corrected chi connectivity index (χ4v) is 2.63. The summed E-state index contributed by atoms with van der Waals surface area (Å²) in [5.41, 5.74) is 7.82. The topological polar surface area (TPSA) is 78.1 Å². The van der Waals surface area contributed by atoms with E-state index in [4.69, 9.17) is 19.9 Å². The standard InChI is InChI=1S/C20H25N3O3/c1-14(2)26-17-9-7-16(8-10-17)23-20(21)22-13-15-5-3-6-18-19(15)25-12-4-11-24-18/h3,5-10,14H,4,11-13H2,1-2H3,(H3,21,22,23). The van der Waals surface area contributed by atoms with Gasteiger partial charge in [-0.25, -0.2) is 4.99 Å². The predicted molar refractivity (Wildman–Crippen MR) is 103 cm³/mol. The lowest BCUT2D eigenvalue weighted by atomic mass is 10.2. The van der Waals surface area contributed by atoms with Crippen LogP contribution in [0, 0.1) is 0 Å². The first-order valence-corrected chi connectivity index (χ1v) is 8.83. The molecule has 0 fully saturated rings. The number of para-hydroxylation sites is 1. The molecule has 6 nitrogen and oxygen atoms in total. The molecule has 26 heavy (non-hydrogen) atoms. The van der Waals surface area contributed by atoms with Crippen molar-refractivity contribution in [2.75, 3.05) is 18.5 Å². The number of anilines is 1. The van der Waals surface area contributed by atoms with Crippen LogP contribution in [0.15, 0.2) is 47.5 Å². The molecule has 0 radical (unpaired) electrons. The van der Waals surface area contributed by atoms with E-state index in [2.05, 4.69) is 10.3 Å². The monoisotopic (exact) mass is 355 g/mol. The Morgan fingerprint density at radius 1 is 1.15 bits per heavy atom. The van der Waals surface area contributed by atoms with E-state index in [-0.39, 0.29) is 6.10 Å². The molecule has 0 aliphatic carbocycles. The number of hydrogen-bond acceptors (Lipinski definition) is 4. The van der Waals surface area contributed by atoms with Crippen molar-refractivity contribution in [2.24, 2.45) is 10.7 Å². The van der Waals surface area contributed by atoms with Gasteiger partial charge in [0, 0.05) is 17.7 Å². The van der Waals surface area contributed by atoms with Gasteiger partial charge in [-0.3, -0.25) is 0 Å². The second-order valence-corrected chi connectivity index (χ2v) is 6.31. The SMILES string of the molecule is CC(C)Oc1ccc(NC(N)=NCc2cccc3c2OCCCO3)cc1. The number of fused-ring (bicyclic) bond motifs is 1. The highest BCUT2D eigenvalue weighted by Gasteiger charge is 2.14. The van der Waals surface area contributed by atoms with Gasteiger partial charge < -0.3 is 25.3 Å². The smallest absolute Gasteiger partial charge is 0.193 e. The number of nitrogens with two attached hydrogens (primary N) is 1. The van der Waals surface area contributed by atoms with Crippen LogP contribution in [-0.2, 0) is 6.54 Å². The molecule has 0 bridgehead atoms. The third-order valence-electron chi connectivity index (χ3n) is 3.77. The van der Waals surface area contributed by atoms with Gasteiger partial charge >= 0.3 is 0 Å². The van der Waals surface area contributed by atoms with Crippen LogP contribution in [0.3, 0.4) is 0 Å². The Morgan fingerprint density at radius 2 is 1.92 bits per heavy atom. The number of guanidine groups is 1. The van der Waals surface area contributed by atoms with Crippen LogP contribution in [0.5, 0.6) is 17.2 Å². The molecule has 138 valence electrons. The van der Waals surface area contributed by atoms with E-state index in [1.807, 2.05) is 56.3 Å². The summed E-state index contributed by atoms with van der Waals surface area (Å²) in [5.74, 6) is 2.69. The fraction of sp³-hybridized carbons (Fsp3) is 0.350. The Labute approximate surface area is 154 Å². The number of rotatable bonds is 5.